The van der Waals surface area contributed by atoms with E-state index in [0.717, 1.165) is 24.9 Å². The van der Waals surface area contributed by atoms with Crippen LogP contribution in [-0.4, -0.2) is 26.6 Å². The first-order valence-electron chi connectivity index (χ1n) is 12.1. The molecule has 0 amide bonds. The van der Waals surface area contributed by atoms with Crippen molar-refractivity contribution in [1.82, 2.24) is 0 Å². The van der Waals surface area contributed by atoms with Gasteiger partial charge in [-0.1, -0.05) is 68.3 Å². The number of halogens is 1. The molecule has 0 radical (unpaired) electrons. The number of rotatable bonds is 6. The van der Waals surface area contributed by atoms with Gasteiger partial charge in [0.1, 0.15) is 0 Å². The van der Waals surface area contributed by atoms with Crippen LogP contribution in [0.3, 0.4) is 0 Å². The van der Waals surface area contributed by atoms with E-state index in [1.54, 1.807) is 5.57 Å². The van der Waals surface area contributed by atoms with Gasteiger partial charge in [0.05, 0.1) is 18.3 Å². The van der Waals surface area contributed by atoms with E-state index in [2.05, 4.69) is 87.7 Å². The molecule has 6 atom stereocenters. The van der Waals surface area contributed by atoms with E-state index in [1.165, 1.54) is 32.1 Å². The summed E-state index contributed by atoms with van der Waals surface area (Å²) in [6.07, 6.45) is 12.4. The molecule has 0 aromatic carbocycles. The van der Waals surface area contributed by atoms with Crippen LogP contribution in [-0.2, 0) is 9.16 Å². The summed E-state index contributed by atoms with van der Waals surface area (Å²) in [5, 5.41) is 0.230. The summed E-state index contributed by atoms with van der Waals surface area (Å²) >= 11 is 3.64. The van der Waals surface area contributed by atoms with Crippen molar-refractivity contribution in [3.05, 3.63) is 22.7 Å². The van der Waals surface area contributed by atoms with Crippen LogP contribution < -0.4 is 0 Å². The van der Waals surface area contributed by atoms with Gasteiger partial charge in [-0.2, -0.15) is 0 Å². The molecule has 0 aromatic rings. The van der Waals surface area contributed by atoms with E-state index in [9.17, 15) is 0 Å². The first-order valence-corrected chi connectivity index (χ1v) is 15.9. The Bertz CT molecular complexity index is 679. The lowest BCUT2D eigenvalue weighted by atomic mass is 9.61. The second-order valence-electron chi connectivity index (χ2n) is 12.4. The van der Waals surface area contributed by atoms with Crippen molar-refractivity contribution < 1.29 is 9.16 Å². The zero-order chi connectivity index (χ0) is 22.4. The van der Waals surface area contributed by atoms with Gasteiger partial charge < -0.3 is 9.16 Å². The third-order valence-electron chi connectivity index (χ3n) is 9.00. The fraction of sp³-hybridized carbons (Fsp3) is 0.846. The van der Waals surface area contributed by atoms with Gasteiger partial charge in [0, 0.05) is 6.42 Å². The Kier molecular flexibility index (Phi) is 7.25. The van der Waals surface area contributed by atoms with Gasteiger partial charge in [-0.25, -0.2) is 0 Å². The highest BCUT2D eigenvalue weighted by Gasteiger charge is 2.51. The lowest BCUT2D eigenvalue weighted by Gasteiger charge is -2.44. The molecular weight excluding hydrogens is 452 g/mol. The predicted octanol–water partition coefficient (Wildman–Crippen LogP) is 8.24. The maximum atomic E-state index is 6.76. The molecule has 172 valence electrons. The number of hydrogen-bond acceptors (Lipinski definition) is 2. The zero-order valence-corrected chi connectivity index (χ0v) is 23.3. The molecule has 30 heavy (non-hydrogen) atoms. The minimum absolute atomic E-state index is 0.180. The van der Waals surface area contributed by atoms with Crippen molar-refractivity contribution in [1.29, 1.82) is 0 Å². The van der Waals surface area contributed by atoms with Crippen LogP contribution >= 0.6 is 15.9 Å². The highest BCUT2D eigenvalue weighted by Crippen LogP contribution is 2.59. The summed E-state index contributed by atoms with van der Waals surface area (Å²) in [5.74, 6) is 2.15. The molecule has 2 fully saturated rings. The second-order valence-corrected chi connectivity index (χ2v) is 17.5. The van der Waals surface area contributed by atoms with E-state index in [1.807, 2.05) is 0 Å². The Hall–Kier alpha value is 0.0969. The monoisotopic (exact) mass is 496 g/mol. The zero-order valence-electron chi connectivity index (χ0n) is 20.7. The van der Waals surface area contributed by atoms with Crippen molar-refractivity contribution in [2.45, 2.75) is 110 Å². The average Bonchev–Trinajstić information content (AvgIpc) is 3.17. The number of fused-ring (bicyclic) bond motifs is 1. The highest BCUT2D eigenvalue weighted by atomic mass is 79.9. The van der Waals surface area contributed by atoms with Crippen LogP contribution in [0.5, 0.6) is 0 Å². The Morgan fingerprint density at radius 2 is 1.97 bits per heavy atom. The molecule has 4 heteroatoms. The van der Waals surface area contributed by atoms with Crippen LogP contribution in [0.15, 0.2) is 22.7 Å². The van der Waals surface area contributed by atoms with Crippen LogP contribution in [0.25, 0.3) is 0 Å². The van der Waals surface area contributed by atoms with E-state index in [0.29, 0.717) is 11.3 Å². The average molecular weight is 498 g/mol. The van der Waals surface area contributed by atoms with Crippen LogP contribution in [0, 0.1) is 23.2 Å². The maximum absolute atomic E-state index is 6.76. The fourth-order valence-electron chi connectivity index (χ4n) is 6.31. The molecule has 1 unspecified atom stereocenters. The summed E-state index contributed by atoms with van der Waals surface area (Å²) in [5.41, 5.74) is 1.92. The minimum atomic E-state index is -1.79. The third kappa shape index (κ3) is 4.87. The Morgan fingerprint density at radius 3 is 2.60 bits per heavy atom. The van der Waals surface area contributed by atoms with Crippen molar-refractivity contribution in [3.8, 4) is 0 Å². The van der Waals surface area contributed by atoms with Crippen molar-refractivity contribution in [2.75, 3.05) is 6.61 Å². The molecule has 2 nitrogen and oxygen atoms in total. The third-order valence-corrected chi connectivity index (χ3v) is 14.2. The lowest BCUT2D eigenvalue weighted by Crippen LogP contribution is -2.47. The Labute approximate surface area is 195 Å². The quantitative estimate of drug-likeness (QED) is 0.272. The van der Waals surface area contributed by atoms with Gasteiger partial charge in [-0.15, -0.1) is 0 Å². The van der Waals surface area contributed by atoms with E-state index in [-0.39, 0.29) is 16.7 Å². The Morgan fingerprint density at radius 1 is 1.27 bits per heavy atom. The van der Waals surface area contributed by atoms with Gasteiger partial charge in [-0.05, 0) is 85.3 Å². The second kappa shape index (κ2) is 8.80. The molecule has 3 aliphatic carbocycles. The van der Waals surface area contributed by atoms with E-state index < -0.39 is 8.32 Å². The van der Waals surface area contributed by atoms with E-state index in [4.69, 9.17) is 9.16 Å². The normalized spacial score (nSPS) is 39.5. The molecule has 0 saturated heterocycles. The van der Waals surface area contributed by atoms with Crippen molar-refractivity contribution >= 4 is 24.2 Å². The van der Waals surface area contributed by atoms with Crippen LogP contribution in [0.1, 0.15) is 80.1 Å². The summed E-state index contributed by atoms with van der Waals surface area (Å²) in [6, 6.07) is 0. The molecule has 0 aromatic heterocycles. The largest absolute Gasteiger partial charge is 0.408 e. The number of allylic oxidation sites excluding steroid dienone is 1. The first kappa shape index (κ1) is 24.7. The molecule has 2 saturated carbocycles. The molecular formula is C26H45BrO2Si. The highest BCUT2D eigenvalue weighted by molar-refractivity contribution is 9.11. The number of hydrogen-bond donors (Lipinski definition) is 0. The van der Waals surface area contributed by atoms with Gasteiger partial charge >= 0.3 is 0 Å². The van der Waals surface area contributed by atoms with Gasteiger partial charge in [0.15, 0.2) is 8.32 Å². The summed E-state index contributed by atoms with van der Waals surface area (Å²) in [6.45, 7) is 19.7. The lowest BCUT2D eigenvalue weighted by molar-refractivity contribution is -0.00555. The minimum Gasteiger partial charge on any atom is -0.408 e. The van der Waals surface area contributed by atoms with Crippen LogP contribution in [0.4, 0.5) is 0 Å². The standard InChI is InChI=1S/C26H45BrO2Si/c1-19(22-11-12-23-20(17-27)10-9-14-26(22,23)6)18-28-21-13-15-25(5,16-21)29-30(7,8)24(2,3)4/h13,15,17,19,21-23H,9-12,14,16,18H2,1-8H3/b20-17+/t19-,21+,22+,23?,25+,26+/m0/s1. The first-order chi connectivity index (χ1) is 13.8. The molecule has 0 heterocycles. The van der Waals surface area contributed by atoms with Crippen molar-refractivity contribution in [3.63, 3.8) is 0 Å². The van der Waals surface area contributed by atoms with Gasteiger partial charge in [0.2, 0.25) is 0 Å². The molecule has 0 bridgehead atoms. The summed E-state index contributed by atoms with van der Waals surface area (Å²) < 4.78 is 13.2. The van der Waals surface area contributed by atoms with Gasteiger partial charge in [0.25, 0.3) is 0 Å². The molecule has 3 aliphatic rings. The van der Waals surface area contributed by atoms with Gasteiger partial charge in [-0.3, -0.25) is 0 Å². The summed E-state index contributed by atoms with van der Waals surface area (Å²) in [4.78, 5) is 2.23. The summed E-state index contributed by atoms with van der Waals surface area (Å²) in [7, 11) is -1.79. The van der Waals surface area contributed by atoms with Crippen LogP contribution in [0.2, 0.25) is 18.1 Å². The molecule has 0 N–H and O–H groups in total. The molecule has 0 spiro atoms. The topological polar surface area (TPSA) is 18.5 Å². The fourth-order valence-corrected chi connectivity index (χ4v) is 8.48. The van der Waals surface area contributed by atoms with E-state index >= 15 is 0 Å². The predicted molar refractivity (Wildman–Crippen MR) is 135 cm³/mol. The SMILES string of the molecule is C[C@@H](CO[C@@H]1C=C[C@@](C)(O[Si](C)(C)C(C)(C)C)C1)[C@H]1CCC2/C(=C/Br)CCC[C@@]21C. The van der Waals surface area contributed by atoms with Crippen molar-refractivity contribution in [2.24, 2.45) is 23.2 Å². The molecule has 0 aliphatic heterocycles. The Balaban J connectivity index is 1.55. The smallest absolute Gasteiger partial charge is 0.193 e. The molecule has 3 rings (SSSR count). The number of ether oxygens (including phenoxy) is 1. The maximum Gasteiger partial charge on any atom is 0.193 e.